The number of carboxylic acids is 1. The van der Waals surface area contributed by atoms with E-state index in [2.05, 4.69) is 20.9 Å². The quantitative estimate of drug-likeness (QED) is 0.422. The van der Waals surface area contributed by atoms with E-state index in [4.69, 9.17) is 5.11 Å². The second kappa shape index (κ2) is 9.84. The summed E-state index contributed by atoms with van der Waals surface area (Å²) in [5.74, 6) is -0.970. The molecule has 0 fully saturated rings. The minimum Gasteiger partial charge on any atom is -0.480 e. The first kappa shape index (κ1) is 23.3. The summed E-state index contributed by atoms with van der Waals surface area (Å²) in [7, 11) is 1.53. The van der Waals surface area contributed by atoms with Crippen molar-refractivity contribution in [2.45, 2.75) is 43.3 Å². The van der Waals surface area contributed by atoms with E-state index in [1.807, 2.05) is 24.3 Å². The van der Waals surface area contributed by atoms with Gasteiger partial charge in [0.15, 0.2) is 16.3 Å². The predicted molar refractivity (Wildman–Crippen MR) is 122 cm³/mol. The number of halogens is 1. The smallest absolute Gasteiger partial charge is 0.332 e. The van der Waals surface area contributed by atoms with Crippen molar-refractivity contribution in [3.05, 3.63) is 55.1 Å². The number of nitrogens with zero attached hydrogens (tertiary/aromatic N) is 4. The first-order valence-electron chi connectivity index (χ1n) is 9.73. The van der Waals surface area contributed by atoms with Gasteiger partial charge in [0.05, 0.1) is 6.54 Å². The van der Waals surface area contributed by atoms with Gasteiger partial charge in [-0.05, 0) is 30.5 Å². The molecule has 0 amide bonds. The van der Waals surface area contributed by atoms with Crippen molar-refractivity contribution in [3.8, 4) is 0 Å². The van der Waals surface area contributed by atoms with Crippen molar-refractivity contribution < 1.29 is 15.0 Å². The highest BCUT2D eigenvalue weighted by Crippen LogP contribution is 2.28. The molecule has 0 aliphatic carbocycles. The molecule has 2 aromatic heterocycles. The molecule has 3 aromatic rings. The lowest BCUT2D eigenvalue weighted by atomic mass is 10.2. The minimum absolute atomic E-state index is 0.0786. The summed E-state index contributed by atoms with van der Waals surface area (Å²) < 4.78 is 4.91. The molecule has 0 saturated heterocycles. The molecule has 1 aromatic carbocycles. The van der Waals surface area contributed by atoms with Crippen molar-refractivity contribution in [2.24, 2.45) is 7.05 Å². The van der Waals surface area contributed by atoms with Crippen LogP contribution in [-0.4, -0.2) is 46.7 Å². The van der Waals surface area contributed by atoms with E-state index >= 15 is 0 Å². The van der Waals surface area contributed by atoms with Crippen molar-refractivity contribution >= 4 is 44.8 Å². The summed E-state index contributed by atoms with van der Waals surface area (Å²) in [5, 5.41) is 18.3. The Morgan fingerprint density at radius 2 is 2.03 bits per heavy atom. The van der Waals surface area contributed by atoms with Gasteiger partial charge in [-0.1, -0.05) is 46.7 Å². The molecule has 0 aliphatic rings. The van der Waals surface area contributed by atoms with E-state index in [0.29, 0.717) is 11.6 Å². The van der Waals surface area contributed by atoms with Crippen LogP contribution in [0.4, 0.5) is 0 Å². The molecule has 0 bridgehead atoms. The first-order chi connectivity index (χ1) is 14.8. The normalized spacial score (nSPS) is 12.4. The Balaban J connectivity index is 2.27. The zero-order chi connectivity index (χ0) is 22.7. The molecule has 166 valence electrons. The van der Waals surface area contributed by atoms with Gasteiger partial charge in [0.1, 0.15) is 5.25 Å². The van der Waals surface area contributed by atoms with Crippen molar-refractivity contribution in [2.75, 3.05) is 6.61 Å². The average Bonchev–Trinajstić information content (AvgIpc) is 3.08. The number of aliphatic carboxylic acids is 1. The molecule has 0 aliphatic heterocycles. The molecular formula is C20H23BrN4O5S. The number of rotatable bonds is 9. The molecule has 1 unspecified atom stereocenters. The Bertz CT molecular complexity index is 1230. The second-order valence-electron chi connectivity index (χ2n) is 7.01. The van der Waals surface area contributed by atoms with Crippen LogP contribution in [0.1, 0.15) is 25.3 Å². The molecule has 0 spiro atoms. The number of fused-ring (bicyclic) bond motifs is 1. The SMILES string of the molecule is CCC(Sc1nc2c(c(=O)n(CCCO)c(=O)n2C)n1Cc1cccc(Br)c1)C(=O)O. The van der Waals surface area contributed by atoms with E-state index in [9.17, 15) is 19.5 Å². The molecule has 1 atom stereocenters. The highest BCUT2D eigenvalue weighted by atomic mass is 79.9. The molecule has 9 nitrogen and oxygen atoms in total. The van der Waals surface area contributed by atoms with Crippen LogP contribution in [0.2, 0.25) is 0 Å². The van der Waals surface area contributed by atoms with Crippen molar-refractivity contribution in [3.63, 3.8) is 0 Å². The maximum atomic E-state index is 13.3. The lowest BCUT2D eigenvalue weighted by molar-refractivity contribution is -0.136. The average molecular weight is 511 g/mol. The zero-order valence-corrected chi connectivity index (χ0v) is 19.5. The fourth-order valence-corrected chi connectivity index (χ4v) is 4.66. The molecule has 0 radical (unpaired) electrons. The molecule has 11 heteroatoms. The summed E-state index contributed by atoms with van der Waals surface area (Å²) >= 11 is 4.49. The van der Waals surface area contributed by atoms with Crippen LogP contribution >= 0.6 is 27.7 Å². The molecular weight excluding hydrogens is 488 g/mol. The lowest BCUT2D eigenvalue weighted by Crippen LogP contribution is -2.39. The van der Waals surface area contributed by atoms with E-state index in [1.165, 1.54) is 11.6 Å². The Labute approximate surface area is 190 Å². The van der Waals surface area contributed by atoms with Crippen LogP contribution in [0.25, 0.3) is 11.2 Å². The van der Waals surface area contributed by atoms with Gasteiger partial charge < -0.3 is 14.8 Å². The minimum atomic E-state index is -0.970. The van der Waals surface area contributed by atoms with Crippen LogP contribution in [0, 0.1) is 0 Å². The van der Waals surface area contributed by atoms with Gasteiger partial charge in [0, 0.05) is 24.7 Å². The number of hydrogen-bond donors (Lipinski definition) is 2. The van der Waals surface area contributed by atoms with E-state index < -0.39 is 22.5 Å². The molecule has 0 saturated carbocycles. The maximum absolute atomic E-state index is 13.3. The first-order valence-corrected chi connectivity index (χ1v) is 11.4. The molecule has 2 heterocycles. The van der Waals surface area contributed by atoms with E-state index in [1.54, 1.807) is 11.5 Å². The molecule has 2 N–H and O–H groups in total. The van der Waals surface area contributed by atoms with Gasteiger partial charge in [0.25, 0.3) is 5.56 Å². The fourth-order valence-electron chi connectivity index (χ4n) is 3.27. The number of carboxylic acid groups (broad SMARTS) is 1. The van der Waals surface area contributed by atoms with Crippen LogP contribution in [0.15, 0.2) is 43.5 Å². The second-order valence-corrected chi connectivity index (χ2v) is 9.10. The number of carbonyl (C=O) groups is 1. The number of hydrogen-bond acceptors (Lipinski definition) is 6. The van der Waals surface area contributed by atoms with Gasteiger partial charge >= 0.3 is 11.7 Å². The number of imidazole rings is 1. The van der Waals surface area contributed by atoms with Gasteiger partial charge in [-0.2, -0.15) is 0 Å². The maximum Gasteiger partial charge on any atom is 0.332 e. The number of aryl methyl sites for hydroxylation is 1. The third kappa shape index (κ3) is 4.78. The number of thioether (sulfide) groups is 1. The van der Waals surface area contributed by atoms with E-state index in [0.717, 1.165) is 26.4 Å². The number of aliphatic hydroxyl groups is 1. The molecule has 31 heavy (non-hydrogen) atoms. The van der Waals surface area contributed by atoms with Gasteiger partial charge in [0.2, 0.25) is 0 Å². The van der Waals surface area contributed by atoms with Crippen LogP contribution < -0.4 is 11.2 Å². The van der Waals surface area contributed by atoms with E-state index in [-0.39, 0.29) is 37.3 Å². The highest BCUT2D eigenvalue weighted by Gasteiger charge is 2.25. The van der Waals surface area contributed by atoms with Crippen molar-refractivity contribution in [1.29, 1.82) is 0 Å². The van der Waals surface area contributed by atoms with Crippen molar-refractivity contribution in [1.82, 2.24) is 18.7 Å². The largest absolute Gasteiger partial charge is 0.480 e. The standard InChI is InChI=1S/C20H23BrN4O5S/c1-3-14(18(28)29)31-19-22-16-15(25(19)11-12-6-4-7-13(21)10-12)17(27)24(8-5-9-26)20(30)23(16)2/h4,6-7,10,14,26H,3,5,8-9,11H2,1-2H3,(H,28,29). The summed E-state index contributed by atoms with van der Waals surface area (Å²) in [5.41, 5.74) is 0.272. The Morgan fingerprint density at radius 3 is 2.65 bits per heavy atom. The van der Waals surface area contributed by atoms with Gasteiger partial charge in [-0.25, -0.2) is 9.78 Å². The monoisotopic (exact) mass is 510 g/mol. The third-order valence-electron chi connectivity index (χ3n) is 4.86. The van der Waals surface area contributed by atoms with Crippen LogP contribution in [0.5, 0.6) is 0 Å². The van der Waals surface area contributed by atoms with Gasteiger partial charge in [-0.3, -0.25) is 18.7 Å². The summed E-state index contributed by atoms with van der Waals surface area (Å²) in [6.07, 6.45) is 0.638. The summed E-state index contributed by atoms with van der Waals surface area (Å²) in [6, 6.07) is 7.55. The fraction of sp³-hybridized carbons (Fsp3) is 0.400. The highest BCUT2D eigenvalue weighted by molar-refractivity contribution is 9.10. The van der Waals surface area contributed by atoms with Crippen LogP contribution in [-0.2, 0) is 24.9 Å². The Hall–Kier alpha value is -2.37. The van der Waals surface area contributed by atoms with Crippen LogP contribution in [0.3, 0.4) is 0 Å². The topological polar surface area (TPSA) is 119 Å². The number of aliphatic hydroxyl groups excluding tert-OH is 1. The number of aromatic nitrogens is 4. The van der Waals surface area contributed by atoms with Gasteiger partial charge in [-0.15, -0.1) is 0 Å². The Morgan fingerprint density at radius 1 is 1.29 bits per heavy atom. The summed E-state index contributed by atoms with van der Waals surface area (Å²) in [6.45, 7) is 1.98. The zero-order valence-electron chi connectivity index (χ0n) is 17.1. The third-order valence-corrected chi connectivity index (χ3v) is 6.70. The lowest BCUT2D eigenvalue weighted by Gasteiger charge is -2.13. The Kier molecular flexibility index (Phi) is 7.39. The predicted octanol–water partition coefficient (Wildman–Crippen LogP) is 2.05. The molecule has 3 rings (SSSR count). The number of benzene rings is 1. The summed E-state index contributed by atoms with van der Waals surface area (Å²) in [4.78, 5) is 42.1.